The molecule has 0 saturated heterocycles. The fourth-order valence-electron chi connectivity index (χ4n) is 3.29. The number of likely N-dealkylation sites (N-methyl/N-ethyl adjacent to an activating group) is 1. The number of rotatable bonds is 5. The maximum absolute atomic E-state index is 14.2. The molecule has 1 fully saturated rings. The van der Waals surface area contributed by atoms with Crippen LogP contribution in [0.2, 0.25) is 0 Å². The summed E-state index contributed by atoms with van der Waals surface area (Å²) in [5, 5.41) is 0. The van der Waals surface area contributed by atoms with Crippen LogP contribution >= 0.6 is 0 Å². The summed E-state index contributed by atoms with van der Waals surface area (Å²) in [5.74, 6) is -0.244. The molecule has 1 aliphatic carbocycles. The van der Waals surface area contributed by atoms with E-state index in [0.29, 0.717) is 12.1 Å². The SMILES string of the molecule is CN(CCc1ccncc1)C(=O)C1(c2ccccc2F)CCC1. The molecule has 0 atom stereocenters. The number of halogens is 1. The summed E-state index contributed by atoms with van der Waals surface area (Å²) in [6, 6.07) is 10.6. The molecule has 0 spiro atoms. The Morgan fingerprint density at radius 1 is 1.22 bits per heavy atom. The van der Waals surface area contributed by atoms with Crippen LogP contribution in [0.1, 0.15) is 30.4 Å². The van der Waals surface area contributed by atoms with E-state index in [-0.39, 0.29) is 11.7 Å². The monoisotopic (exact) mass is 312 g/mol. The van der Waals surface area contributed by atoms with Crippen LogP contribution in [-0.4, -0.2) is 29.4 Å². The van der Waals surface area contributed by atoms with Gasteiger partial charge in [-0.05, 0) is 43.0 Å². The van der Waals surface area contributed by atoms with E-state index in [9.17, 15) is 9.18 Å². The normalized spacial score (nSPS) is 15.7. The highest BCUT2D eigenvalue weighted by atomic mass is 19.1. The van der Waals surface area contributed by atoms with Crippen LogP contribution in [0.4, 0.5) is 4.39 Å². The Kier molecular flexibility index (Phi) is 4.42. The lowest BCUT2D eigenvalue weighted by molar-refractivity contribution is -0.139. The predicted octanol–water partition coefficient (Wildman–Crippen LogP) is 3.34. The van der Waals surface area contributed by atoms with E-state index in [1.807, 2.05) is 25.2 Å². The van der Waals surface area contributed by atoms with Gasteiger partial charge in [-0.25, -0.2) is 4.39 Å². The molecule has 0 radical (unpaired) electrons. The van der Waals surface area contributed by atoms with Crippen molar-refractivity contribution < 1.29 is 9.18 Å². The lowest BCUT2D eigenvalue weighted by Gasteiger charge is -2.43. The van der Waals surface area contributed by atoms with Crippen molar-refractivity contribution in [3.63, 3.8) is 0 Å². The topological polar surface area (TPSA) is 33.2 Å². The van der Waals surface area contributed by atoms with E-state index in [1.165, 1.54) is 6.07 Å². The van der Waals surface area contributed by atoms with Crippen molar-refractivity contribution in [2.24, 2.45) is 0 Å². The molecule has 1 aromatic carbocycles. The molecule has 1 amide bonds. The lowest BCUT2D eigenvalue weighted by Crippen LogP contribution is -2.50. The van der Waals surface area contributed by atoms with Crippen LogP contribution in [-0.2, 0) is 16.6 Å². The zero-order chi connectivity index (χ0) is 16.3. The first-order valence-corrected chi connectivity index (χ1v) is 8.03. The Morgan fingerprint density at radius 3 is 2.52 bits per heavy atom. The molecule has 1 saturated carbocycles. The van der Waals surface area contributed by atoms with Gasteiger partial charge in [-0.2, -0.15) is 0 Å². The van der Waals surface area contributed by atoms with E-state index in [1.54, 1.807) is 29.4 Å². The third-order valence-electron chi connectivity index (χ3n) is 4.84. The smallest absolute Gasteiger partial charge is 0.233 e. The van der Waals surface area contributed by atoms with Crippen LogP contribution in [0.3, 0.4) is 0 Å². The maximum Gasteiger partial charge on any atom is 0.233 e. The van der Waals surface area contributed by atoms with Crippen LogP contribution in [0.25, 0.3) is 0 Å². The summed E-state index contributed by atoms with van der Waals surface area (Å²) in [4.78, 5) is 18.7. The Balaban J connectivity index is 1.74. The summed E-state index contributed by atoms with van der Waals surface area (Å²) in [7, 11) is 1.81. The van der Waals surface area contributed by atoms with Gasteiger partial charge in [0.15, 0.2) is 0 Å². The van der Waals surface area contributed by atoms with Gasteiger partial charge in [0, 0.05) is 31.5 Å². The molecule has 3 rings (SSSR count). The molecule has 0 aliphatic heterocycles. The zero-order valence-electron chi connectivity index (χ0n) is 13.3. The van der Waals surface area contributed by atoms with Crippen molar-refractivity contribution in [3.8, 4) is 0 Å². The van der Waals surface area contributed by atoms with Crippen molar-refractivity contribution in [1.82, 2.24) is 9.88 Å². The fraction of sp³-hybridized carbons (Fsp3) is 0.368. The van der Waals surface area contributed by atoms with Gasteiger partial charge in [-0.15, -0.1) is 0 Å². The Labute approximate surface area is 136 Å². The second-order valence-corrected chi connectivity index (χ2v) is 6.25. The van der Waals surface area contributed by atoms with Gasteiger partial charge in [0.05, 0.1) is 5.41 Å². The third kappa shape index (κ3) is 2.98. The Morgan fingerprint density at radius 2 is 1.91 bits per heavy atom. The molecule has 1 aromatic heterocycles. The number of carbonyl (C=O) groups excluding carboxylic acids is 1. The highest BCUT2D eigenvalue weighted by molar-refractivity contribution is 5.89. The quantitative estimate of drug-likeness (QED) is 0.848. The number of pyridine rings is 1. The van der Waals surface area contributed by atoms with E-state index in [0.717, 1.165) is 31.2 Å². The minimum Gasteiger partial charge on any atom is -0.345 e. The summed E-state index contributed by atoms with van der Waals surface area (Å²) in [5.41, 5.74) is 1.03. The summed E-state index contributed by atoms with van der Waals surface area (Å²) < 4.78 is 14.2. The predicted molar refractivity (Wildman–Crippen MR) is 87.5 cm³/mol. The molecule has 0 bridgehead atoms. The van der Waals surface area contributed by atoms with E-state index in [4.69, 9.17) is 0 Å². The van der Waals surface area contributed by atoms with Gasteiger partial charge in [0.25, 0.3) is 0 Å². The number of hydrogen-bond acceptors (Lipinski definition) is 2. The average molecular weight is 312 g/mol. The molecule has 3 nitrogen and oxygen atoms in total. The number of hydrogen-bond donors (Lipinski definition) is 0. The molecule has 0 unspecified atom stereocenters. The molecule has 1 aliphatic rings. The molecular weight excluding hydrogens is 291 g/mol. The van der Waals surface area contributed by atoms with Crippen LogP contribution in [0, 0.1) is 5.82 Å². The lowest BCUT2D eigenvalue weighted by atomic mass is 9.63. The van der Waals surface area contributed by atoms with Crippen molar-refractivity contribution in [1.29, 1.82) is 0 Å². The second-order valence-electron chi connectivity index (χ2n) is 6.25. The standard InChI is InChI=1S/C19H21FN2O/c1-22(14-9-15-7-12-21-13-8-15)18(23)19(10-4-11-19)16-5-2-3-6-17(16)20/h2-3,5-8,12-13H,4,9-11,14H2,1H3. The van der Waals surface area contributed by atoms with Gasteiger partial charge in [-0.3, -0.25) is 9.78 Å². The van der Waals surface area contributed by atoms with E-state index in [2.05, 4.69) is 4.98 Å². The van der Waals surface area contributed by atoms with Gasteiger partial charge < -0.3 is 4.90 Å². The molecule has 0 N–H and O–H groups in total. The Bertz CT molecular complexity index is 683. The molecule has 2 aromatic rings. The van der Waals surface area contributed by atoms with Crippen LogP contribution in [0.15, 0.2) is 48.8 Å². The first-order valence-electron chi connectivity index (χ1n) is 8.03. The number of benzene rings is 1. The minimum atomic E-state index is -0.668. The van der Waals surface area contributed by atoms with Crippen molar-refractivity contribution >= 4 is 5.91 Å². The second kappa shape index (κ2) is 6.49. The molecule has 23 heavy (non-hydrogen) atoms. The maximum atomic E-state index is 14.2. The number of aromatic nitrogens is 1. The third-order valence-corrected chi connectivity index (χ3v) is 4.84. The number of amides is 1. The largest absolute Gasteiger partial charge is 0.345 e. The summed E-state index contributed by atoms with van der Waals surface area (Å²) in [6.45, 7) is 0.624. The van der Waals surface area contributed by atoms with Gasteiger partial charge in [-0.1, -0.05) is 24.6 Å². The first-order chi connectivity index (χ1) is 11.1. The minimum absolute atomic E-state index is 0.0305. The van der Waals surface area contributed by atoms with Crippen molar-refractivity contribution in [2.75, 3.05) is 13.6 Å². The van der Waals surface area contributed by atoms with Gasteiger partial charge in [0.1, 0.15) is 5.82 Å². The zero-order valence-corrected chi connectivity index (χ0v) is 13.3. The van der Waals surface area contributed by atoms with Crippen molar-refractivity contribution in [3.05, 3.63) is 65.7 Å². The molecule has 1 heterocycles. The number of carbonyl (C=O) groups is 1. The van der Waals surface area contributed by atoms with Crippen molar-refractivity contribution in [2.45, 2.75) is 31.1 Å². The fourth-order valence-corrected chi connectivity index (χ4v) is 3.29. The average Bonchev–Trinajstić information content (AvgIpc) is 2.54. The summed E-state index contributed by atoms with van der Waals surface area (Å²) in [6.07, 6.45) is 6.71. The van der Waals surface area contributed by atoms with Gasteiger partial charge >= 0.3 is 0 Å². The summed E-state index contributed by atoms with van der Waals surface area (Å²) >= 11 is 0. The highest BCUT2D eigenvalue weighted by Crippen LogP contribution is 2.45. The van der Waals surface area contributed by atoms with E-state index >= 15 is 0 Å². The van der Waals surface area contributed by atoms with Gasteiger partial charge in [0.2, 0.25) is 5.91 Å². The molecule has 120 valence electrons. The first kappa shape index (κ1) is 15.7. The van der Waals surface area contributed by atoms with Crippen LogP contribution in [0.5, 0.6) is 0 Å². The number of nitrogens with zero attached hydrogens (tertiary/aromatic N) is 2. The Hall–Kier alpha value is -2.23. The van der Waals surface area contributed by atoms with E-state index < -0.39 is 5.41 Å². The molecule has 4 heteroatoms. The van der Waals surface area contributed by atoms with Crippen LogP contribution < -0.4 is 0 Å². The molecular formula is C19H21FN2O. The highest BCUT2D eigenvalue weighted by Gasteiger charge is 2.48.